The van der Waals surface area contributed by atoms with Crippen molar-refractivity contribution in [2.45, 2.75) is 25.7 Å². The molecule has 3 aliphatic rings. The highest BCUT2D eigenvalue weighted by Crippen LogP contribution is 2.53. The lowest BCUT2D eigenvalue weighted by molar-refractivity contribution is -0.123. The van der Waals surface area contributed by atoms with E-state index in [9.17, 15) is 14.4 Å². The summed E-state index contributed by atoms with van der Waals surface area (Å²) in [5.74, 6) is -0.446. The molecule has 1 saturated carbocycles. The fourth-order valence-electron chi connectivity index (χ4n) is 6.03. The smallest absolute Gasteiger partial charge is 0.343 e. The van der Waals surface area contributed by atoms with Crippen LogP contribution in [0.25, 0.3) is 0 Å². The molecule has 6 rings (SSSR count). The Kier molecular flexibility index (Phi) is 5.18. The third kappa shape index (κ3) is 3.49. The van der Waals surface area contributed by atoms with Gasteiger partial charge in [0.25, 0.3) is 0 Å². The lowest BCUT2D eigenvalue weighted by atomic mass is 9.78. The van der Waals surface area contributed by atoms with Gasteiger partial charge >= 0.3 is 5.97 Å². The molecule has 4 atom stereocenters. The van der Waals surface area contributed by atoms with Gasteiger partial charge in [0.15, 0.2) is 0 Å². The number of ether oxygens (including phenoxy) is 1. The summed E-state index contributed by atoms with van der Waals surface area (Å²) in [4.78, 5) is 40.1. The van der Waals surface area contributed by atoms with E-state index in [4.69, 9.17) is 4.74 Å². The van der Waals surface area contributed by atoms with Crippen LogP contribution in [0.4, 0.5) is 5.69 Å². The Labute approximate surface area is 210 Å². The monoisotopic (exact) mass is 477 g/mol. The van der Waals surface area contributed by atoms with E-state index < -0.39 is 5.97 Å². The number of esters is 1. The van der Waals surface area contributed by atoms with Crippen LogP contribution in [0.5, 0.6) is 5.75 Å². The number of allylic oxidation sites excluding steroid dienone is 2. The number of nitrogens with zero attached hydrogens (tertiary/aromatic N) is 1. The number of fused-ring (bicyclic) bond motifs is 5. The quantitative estimate of drug-likeness (QED) is 0.209. The zero-order valence-corrected chi connectivity index (χ0v) is 20.3. The number of carbonyl (C=O) groups is 3. The average Bonchev–Trinajstić information content (AvgIpc) is 3.58. The Hall–Kier alpha value is -3.99. The molecule has 2 amide bonds. The highest BCUT2D eigenvalue weighted by atomic mass is 16.5. The second kappa shape index (κ2) is 8.30. The van der Waals surface area contributed by atoms with Crippen molar-refractivity contribution in [2.75, 3.05) is 4.90 Å². The topological polar surface area (TPSA) is 63.7 Å². The largest absolute Gasteiger partial charge is 0.423 e. The van der Waals surface area contributed by atoms with Crippen LogP contribution in [0.1, 0.15) is 41.8 Å². The molecule has 5 nitrogen and oxygen atoms in total. The standard InChI is InChI=1S/C31H27NO4/c1-31(2,22-6-4-3-5-7-22)23-12-16-25(17-13-23)36-30(35)19-10-14-24(15-11-19)32-28(33)26-20-8-9-21(18-20)27(26)29(32)34/h3-17,20-21,26-27H,18H2,1-2H3/t20-,21-,26-,27+/m0/s1. The maximum Gasteiger partial charge on any atom is 0.343 e. The van der Waals surface area contributed by atoms with Gasteiger partial charge in [0.1, 0.15) is 5.75 Å². The third-order valence-electron chi connectivity index (χ3n) is 8.11. The minimum atomic E-state index is -0.491. The Bertz CT molecular complexity index is 1340. The predicted molar refractivity (Wildman–Crippen MR) is 137 cm³/mol. The second-order valence-electron chi connectivity index (χ2n) is 10.5. The molecule has 1 heterocycles. The summed E-state index contributed by atoms with van der Waals surface area (Å²) in [6.45, 7) is 4.32. The van der Waals surface area contributed by atoms with E-state index in [-0.39, 0.29) is 40.9 Å². The van der Waals surface area contributed by atoms with Gasteiger partial charge in [-0.3, -0.25) is 14.5 Å². The van der Waals surface area contributed by atoms with Crippen LogP contribution in [0, 0.1) is 23.7 Å². The summed E-state index contributed by atoms with van der Waals surface area (Å²) in [5, 5.41) is 0. The van der Waals surface area contributed by atoms with Gasteiger partial charge in [0.2, 0.25) is 11.8 Å². The second-order valence-corrected chi connectivity index (χ2v) is 10.5. The summed E-state index contributed by atoms with van der Waals surface area (Å²) in [5.41, 5.74) is 3.00. The van der Waals surface area contributed by atoms with E-state index in [2.05, 4.69) is 38.1 Å². The first-order valence-corrected chi connectivity index (χ1v) is 12.4. The summed E-state index contributed by atoms with van der Waals surface area (Å²) in [7, 11) is 0. The summed E-state index contributed by atoms with van der Waals surface area (Å²) in [6.07, 6.45) is 5.06. The lowest BCUT2D eigenvalue weighted by Gasteiger charge is -2.26. The van der Waals surface area contributed by atoms with Crippen LogP contribution in [0.3, 0.4) is 0 Å². The maximum atomic E-state index is 13.0. The molecule has 3 aromatic rings. The van der Waals surface area contributed by atoms with Crippen LogP contribution in [-0.4, -0.2) is 17.8 Å². The van der Waals surface area contributed by atoms with Gasteiger partial charge in [-0.2, -0.15) is 0 Å². The van der Waals surface area contributed by atoms with E-state index in [0.717, 1.165) is 12.0 Å². The highest BCUT2D eigenvalue weighted by molar-refractivity contribution is 6.22. The van der Waals surface area contributed by atoms with Gasteiger partial charge < -0.3 is 4.74 Å². The number of carbonyl (C=O) groups excluding carboxylic acids is 3. The molecule has 2 bridgehead atoms. The lowest BCUT2D eigenvalue weighted by Crippen LogP contribution is -2.32. The minimum absolute atomic E-state index is 0.129. The molecule has 2 fully saturated rings. The van der Waals surface area contributed by atoms with Gasteiger partial charge in [0, 0.05) is 5.41 Å². The molecule has 0 radical (unpaired) electrons. The molecule has 5 heteroatoms. The molecular weight excluding hydrogens is 450 g/mol. The van der Waals surface area contributed by atoms with Crippen LogP contribution in [-0.2, 0) is 15.0 Å². The number of amides is 2. The molecule has 1 saturated heterocycles. The molecule has 0 spiro atoms. The van der Waals surface area contributed by atoms with Crippen molar-refractivity contribution in [3.8, 4) is 5.75 Å². The van der Waals surface area contributed by atoms with Crippen LogP contribution < -0.4 is 9.64 Å². The summed E-state index contributed by atoms with van der Waals surface area (Å²) >= 11 is 0. The van der Waals surface area contributed by atoms with Gasteiger partial charge in [-0.25, -0.2) is 4.79 Å². The van der Waals surface area contributed by atoms with Crippen molar-refractivity contribution in [3.05, 3.63) is 108 Å². The maximum absolute atomic E-state index is 13.0. The third-order valence-corrected chi connectivity index (χ3v) is 8.11. The molecule has 1 aliphatic heterocycles. The van der Waals surface area contributed by atoms with Crippen molar-refractivity contribution in [3.63, 3.8) is 0 Å². The van der Waals surface area contributed by atoms with E-state index in [1.165, 1.54) is 10.5 Å². The first-order chi connectivity index (χ1) is 17.3. The van der Waals surface area contributed by atoms with E-state index in [0.29, 0.717) is 17.0 Å². The zero-order chi connectivity index (χ0) is 25.0. The fraction of sp³-hybridized carbons (Fsp3) is 0.258. The van der Waals surface area contributed by atoms with Crippen LogP contribution in [0.15, 0.2) is 91.0 Å². The predicted octanol–water partition coefficient (Wildman–Crippen LogP) is 5.54. The van der Waals surface area contributed by atoms with Gasteiger partial charge in [-0.05, 0) is 65.8 Å². The SMILES string of the molecule is CC(C)(c1ccccc1)c1ccc(OC(=O)c2ccc(N3C(=O)[C@@H]4[C@H](C3=O)[C@H]3C=C[C@H]4C3)cc2)cc1. The first kappa shape index (κ1) is 22.5. The number of benzene rings is 3. The summed E-state index contributed by atoms with van der Waals surface area (Å²) < 4.78 is 5.58. The number of anilines is 1. The molecule has 0 unspecified atom stereocenters. The van der Waals surface area contributed by atoms with Gasteiger partial charge in [-0.1, -0.05) is 68.5 Å². The van der Waals surface area contributed by atoms with Gasteiger partial charge in [0.05, 0.1) is 23.1 Å². The Morgan fingerprint density at radius 1 is 0.778 bits per heavy atom. The number of hydrogen-bond donors (Lipinski definition) is 0. The average molecular weight is 478 g/mol. The fourth-order valence-corrected chi connectivity index (χ4v) is 6.03. The van der Waals surface area contributed by atoms with Crippen molar-refractivity contribution in [1.82, 2.24) is 0 Å². The van der Waals surface area contributed by atoms with Crippen molar-refractivity contribution in [1.29, 1.82) is 0 Å². The number of rotatable bonds is 5. The highest BCUT2D eigenvalue weighted by Gasteiger charge is 2.59. The summed E-state index contributed by atoms with van der Waals surface area (Å²) in [6, 6.07) is 24.3. The Morgan fingerprint density at radius 2 is 1.33 bits per heavy atom. The molecule has 0 aromatic heterocycles. The van der Waals surface area contributed by atoms with Crippen molar-refractivity contribution >= 4 is 23.5 Å². The minimum Gasteiger partial charge on any atom is -0.423 e. The Morgan fingerprint density at radius 3 is 1.92 bits per heavy atom. The normalized spacial score (nSPS) is 24.3. The van der Waals surface area contributed by atoms with Crippen molar-refractivity contribution in [2.24, 2.45) is 23.7 Å². The Balaban J connectivity index is 1.14. The van der Waals surface area contributed by atoms with Crippen LogP contribution in [0.2, 0.25) is 0 Å². The van der Waals surface area contributed by atoms with Crippen LogP contribution >= 0.6 is 0 Å². The van der Waals surface area contributed by atoms with E-state index in [1.807, 2.05) is 30.3 Å². The number of hydrogen-bond acceptors (Lipinski definition) is 4. The first-order valence-electron chi connectivity index (χ1n) is 12.4. The molecular formula is C31H27NO4. The molecule has 2 aliphatic carbocycles. The molecule has 36 heavy (non-hydrogen) atoms. The number of imide groups is 1. The molecule has 3 aromatic carbocycles. The van der Waals surface area contributed by atoms with E-state index >= 15 is 0 Å². The zero-order valence-electron chi connectivity index (χ0n) is 20.3. The molecule has 180 valence electrons. The van der Waals surface area contributed by atoms with Gasteiger partial charge in [-0.15, -0.1) is 0 Å². The molecule has 0 N–H and O–H groups in total. The van der Waals surface area contributed by atoms with E-state index in [1.54, 1.807) is 36.4 Å². The van der Waals surface area contributed by atoms with Crippen molar-refractivity contribution < 1.29 is 19.1 Å².